The Morgan fingerprint density at radius 1 is 1.48 bits per heavy atom. The van der Waals surface area contributed by atoms with E-state index in [0.717, 1.165) is 0 Å². The molecule has 10 heteroatoms. The van der Waals surface area contributed by atoms with Crippen LogP contribution in [0.3, 0.4) is 0 Å². The number of amides is 2. The number of urea groups is 1. The fourth-order valence-corrected chi connectivity index (χ4v) is 1.63. The van der Waals surface area contributed by atoms with Crippen LogP contribution in [0.2, 0.25) is 0 Å². The van der Waals surface area contributed by atoms with Crippen molar-refractivity contribution in [2.24, 2.45) is 0 Å². The van der Waals surface area contributed by atoms with Gasteiger partial charge in [-0.15, -0.1) is 0 Å². The number of carbonyl (C=O) groups excluding carboxylic acids is 1. The number of carbonyl (C=O) groups is 2. The summed E-state index contributed by atoms with van der Waals surface area (Å²) in [7, 11) is 0. The molecular weight excluding hydrogens is 278 g/mol. The summed E-state index contributed by atoms with van der Waals surface area (Å²) >= 11 is 0. The average Bonchev–Trinajstić information content (AvgIpc) is 3.10. The monoisotopic (exact) mass is 293 g/mol. The highest BCUT2D eigenvalue weighted by atomic mass is 16.4. The van der Waals surface area contributed by atoms with Crippen LogP contribution >= 0.6 is 0 Å². The number of nitrogens with zero attached hydrogens (tertiary/aromatic N) is 4. The van der Waals surface area contributed by atoms with Gasteiger partial charge < -0.3 is 20.3 Å². The van der Waals surface area contributed by atoms with Gasteiger partial charge in [0.2, 0.25) is 0 Å². The highest BCUT2D eigenvalue weighted by Gasteiger charge is 2.11. The molecular formula is C11H15N7O3. The number of carboxylic acids is 1. The molecule has 0 aliphatic rings. The van der Waals surface area contributed by atoms with Gasteiger partial charge in [0.15, 0.2) is 5.69 Å². The molecule has 21 heavy (non-hydrogen) atoms. The molecule has 0 saturated carbocycles. The van der Waals surface area contributed by atoms with Crippen molar-refractivity contribution < 1.29 is 14.7 Å². The van der Waals surface area contributed by atoms with E-state index >= 15 is 0 Å². The molecule has 0 saturated heterocycles. The first kappa shape index (κ1) is 14.5. The average molecular weight is 293 g/mol. The van der Waals surface area contributed by atoms with E-state index in [-0.39, 0.29) is 17.8 Å². The second kappa shape index (κ2) is 6.50. The Bertz CT molecular complexity index is 607. The Hall–Kier alpha value is -2.91. The Morgan fingerprint density at radius 3 is 2.90 bits per heavy atom. The van der Waals surface area contributed by atoms with E-state index < -0.39 is 5.97 Å². The summed E-state index contributed by atoms with van der Waals surface area (Å²) in [5.74, 6) is -0.522. The van der Waals surface area contributed by atoms with Crippen LogP contribution in [0.1, 0.15) is 29.3 Å². The molecule has 0 spiro atoms. The number of hydrogen-bond acceptors (Lipinski definition) is 5. The lowest BCUT2D eigenvalue weighted by Crippen LogP contribution is -2.38. The number of aromatic amines is 1. The second-order valence-electron chi connectivity index (χ2n) is 4.29. The van der Waals surface area contributed by atoms with Crippen molar-refractivity contribution in [3.63, 3.8) is 0 Å². The largest absolute Gasteiger partial charge is 0.476 e. The Labute approximate surface area is 119 Å². The van der Waals surface area contributed by atoms with Gasteiger partial charge in [-0.3, -0.25) is 5.10 Å². The summed E-state index contributed by atoms with van der Waals surface area (Å²) in [6.45, 7) is 2.53. The van der Waals surface area contributed by atoms with Crippen LogP contribution in [0.5, 0.6) is 0 Å². The number of aromatic carboxylic acids is 1. The molecule has 2 aromatic heterocycles. The summed E-state index contributed by atoms with van der Waals surface area (Å²) in [6.07, 6.45) is 4.17. The summed E-state index contributed by atoms with van der Waals surface area (Å²) in [5, 5.41) is 20.4. The van der Waals surface area contributed by atoms with Crippen molar-refractivity contribution in [2.75, 3.05) is 6.54 Å². The first-order valence-electron chi connectivity index (χ1n) is 6.21. The molecule has 0 radical (unpaired) electrons. The minimum atomic E-state index is -1.08. The molecule has 0 bridgehead atoms. The third kappa shape index (κ3) is 4.03. The molecule has 2 rings (SSSR count). The zero-order valence-electron chi connectivity index (χ0n) is 11.3. The predicted molar refractivity (Wildman–Crippen MR) is 70.5 cm³/mol. The summed E-state index contributed by atoms with van der Waals surface area (Å²) in [4.78, 5) is 30.0. The van der Waals surface area contributed by atoms with E-state index in [2.05, 4.69) is 30.8 Å². The zero-order chi connectivity index (χ0) is 15.2. The molecule has 112 valence electrons. The Balaban J connectivity index is 1.72. The zero-order valence-corrected chi connectivity index (χ0v) is 11.3. The Morgan fingerprint density at radius 2 is 2.29 bits per heavy atom. The van der Waals surface area contributed by atoms with E-state index in [9.17, 15) is 9.59 Å². The molecule has 4 N–H and O–H groups in total. The van der Waals surface area contributed by atoms with Crippen LogP contribution in [0.4, 0.5) is 4.79 Å². The molecule has 1 unspecified atom stereocenters. The van der Waals surface area contributed by atoms with Crippen molar-refractivity contribution in [3.8, 4) is 0 Å². The normalized spacial score (nSPS) is 11.9. The van der Waals surface area contributed by atoms with E-state index in [1.165, 1.54) is 18.9 Å². The number of nitrogens with one attached hydrogen (secondary N) is 3. The van der Waals surface area contributed by atoms with Gasteiger partial charge in [-0.1, -0.05) is 0 Å². The van der Waals surface area contributed by atoms with Crippen LogP contribution in [0.25, 0.3) is 0 Å². The SMILES string of the molecule is CC(NC(=O)NCCn1cnc(C(=O)O)c1)c1ncn[nH]1. The number of carboxylic acid groups (broad SMARTS) is 1. The van der Waals surface area contributed by atoms with Gasteiger partial charge in [-0.2, -0.15) is 5.10 Å². The summed E-state index contributed by atoms with van der Waals surface area (Å²) in [6, 6.07) is -0.642. The quantitative estimate of drug-likeness (QED) is 0.580. The van der Waals surface area contributed by atoms with Gasteiger partial charge in [0.25, 0.3) is 0 Å². The van der Waals surface area contributed by atoms with Crippen LogP contribution < -0.4 is 10.6 Å². The van der Waals surface area contributed by atoms with Crippen molar-refractivity contribution in [3.05, 3.63) is 30.4 Å². The third-order valence-electron chi connectivity index (χ3n) is 2.70. The van der Waals surface area contributed by atoms with Crippen molar-refractivity contribution in [1.82, 2.24) is 35.4 Å². The minimum Gasteiger partial charge on any atom is -0.476 e. The fraction of sp³-hybridized carbons (Fsp3) is 0.364. The van der Waals surface area contributed by atoms with E-state index in [1.54, 1.807) is 11.5 Å². The number of hydrogen-bond donors (Lipinski definition) is 4. The lowest BCUT2D eigenvalue weighted by atomic mass is 10.3. The minimum absolute atomic E-state index is 0.0293. The number of H-pyrrole nitrogens is 1. The van der Waals surface area contributed by atoms with Gasteiger partial charge in [-0.25, -0.2) is 19.6 Å². The highest BCUT2D eigenvalue weighted by Crippen LogP contribution is 2.02. The van der Waals surface area contributed by atoms with Crippen LogP contribution in [-0.2, 0) is 6.54 Å². The molecule has 1 atom stereocenters. The number of imidazole rings is 1. The van der Waals surface area contributed by atoms with Crippen molar-refractivity contribution in [1.29, 1.82) is 0 Å². The lowest BCUT2D eigenvalue weighted by Gasteiger charge is -2.12. The maximum Gasteiger partial charge on any atom is 0.356 e. The van der Waals surface area contributed by atoms with Gasteiger partial charge in [-0.05, 0) is 6.92 Å². The first-order chi connectivity index (χ1) is 10.1. The van der Waals surface area contributed by atoms with Gasteiger partial charge in [0.05, 0.1) is 12.4 Å². The van der Waals surface area contributed by atoms with Crippen molar-refractivity contribution >= 4 is 12.0 Å². The maximum absolute atomic E-state index is 11.6. The van der Waals surface area contributed by atoms with Gasteiger partial charge in [0, 0.05) is 19.3 Å². The fourth-order valence-electron chi connectivity index (χ4n) is 1.63. The topological polar surface area (TPSA) is 138 Å². The molecule has 0 aliphatic carbocycles. The molecule has 0 aliphatic heterocycles. The van der Waals surface area contributed by atoms with Crippen LogP contribution in [-0.4, -0.2) is 48.4 Å². The van der Waals surface area contributed by atoms with Gasteiger partial charge >= 0.3 is 12.0 Å². The second-order valence-corrected chi connectivity index (χ2v) is 4.29. The smallest absolute Gasteiger partial charge is 0.356 e. The van der Waals surface area contributed by atoms with Crippen LogP contribution in [0, 0.1) is 0 Å². The maximum atomic E-state index is 11.6. The molecule has 0 fully saturated rings. The molecule has 2 amide bonds. The number of rotatable bonds is 6. The standard InChI is InChI=1S/C11H15N7O3/c1-7(9-13-5-15-17-9)16-11(21)12-2-3-18-4-8(10(19)20)14-6-18/h4-7H,2-3H2,1H3,(H,19,20)(H2,12,16,21)(H,13,15,17). The molecule has 2 aromatic rings. The van der Waals surface area contributed by atoms with E-state index in [0.29, 0.717) is 18.9 Å². The summed E-state index contributed by atoms with van der Waals surface area (Å²) in [5.41, 5.74) is -0.0293. The predicted octanol–water partition coefficient (Wildman–Crippen LogP) is -0.240. The first-order valence-corrected chi connectivity index (χ1v) is 6.21. The molecule has 0 aromatic carbocycles. The highest BCUT2D eigenvalue weighted by molar-refractivity contribution is 5.84. The van der Waals surface area contributed by atoms with Crippen LogP contribution in [0.15, 0.2) is 18.9 Å². The van der Waals surface area contributed by atoms with Crippen molar-refractivity contribution in [2.45, 2.75) is 19.5 Å². The molecule has 2 heterocycles. The number of aromatic nitrogens is 5. The van der Waals surface area contributed by atoms with E-state index in [4.69, 9.17) is 5.11 Å². The molecule has 10 nitrogen and oxygen atoms in total. The van der Waals surface area contributed by atoms with Gasteiger partial charge in [0.1, 0.15) is 12.2 Å². The lowest BCUT2D eigenvalue weighted by molar-refractivity contribution is 0.0691. The van der Waals surface area contributed by atoms with E-state index in [1.807, 2.05) is 0 Å². The Kier molecular flexibility index (Phi) is 4.49. The summed E-state index contributed by atoms with van der Waals surface area (Å²) < 4.78 is 1.59. The third-order valence-corrected chi connectivity index (χ3v) is 2.70.